The second-order valence-electron chi connectivity index (χ2n) is 5.28. The fourth-order valence-corrected chi connectivity index (χ4v) is 2.64. The van der Waals surface area contributed by atoms with Crippen LogP contribution in [0.25, 0.3) is 0 Å². The smallest absolute Gasteiger partial charge is 0.216 e. The molecular formula is C13H24N4O. The van der Waals surface area contributed by atoms with Crippen LogP contribution < -0.4 is 10.1 Å². The summed E-state index contributed by atoms with van der Waals surface area (Å²) < 4.78 is 7.28. The quantitative estimate of drug-likeness (QED) is 0.868. The molecule has 0 aromatic carbocycles. The maximum absolute atomic E-state index is 5.46. The molecule has 0 saturated carbocycles. The van der Waals surface area contributed by atoms with Crippen LogP contribution >= 0.6 is 0 Å². The lowest BCUT2D eigenvalue weighted by atomic mass is 10.1. The predicted octanol–water partition coefficient (Wildman–Crippen LogP) is 0.919. The largest absolute Gasteiger partial charge is 0.481 e. The van der Waals surface area contributed by atoms with E-state index in [0.29, 0.717) is 12.1 Å². The van der Waals surface area contributed by atoms with E-state index in [-0.39, 0.29) is 0 Å². The molecule has 18 heavy (non-hydrogen) atoms. The molecule has 5 nitrogen and oxygen atoms in total. The van der Waals surface area contributed by atoms with E-state index in [1.54, 1.807) is 7.11 Å². The summed E-state index contributed by atoms with van der Waals surface area (Å²) in [4.78, 5) is 2.49. The number of piperazine rings is 1. The number of aryl methyl sites for hydroxylation is 2. The highest BCUT2D eigenvalue weighted by Gasteiger charge is 2.25. The normalized spacial score (nSPS) is 25.4. The number of hydrogen-bond donors (Lipinski definition) is 1. The highest BCUT2D eigenvalue weighted by molar-refractivity contribution is 5.31. The molecule has 2 atom stereocenters. The number of nitrogens with one attached hydrogen (secondary N) is 1. The maximum atomic E-state index is 5.46. The Morgan fingerprint density at radius 3 is 2.83 bits per heavy atom. The van der Waals surface area contributed by atoms with Crippen LogP contribution in [0.4, 0.5) is 0 Å². The van der Waals surface area contributed by atoms with E-state index in [2.05, 4.69) is 29.2 Å². The summed E-state index contributed by atoms with van der Waals surface area (Å²) in [7, 11) is 3.64. The van der Waals surface area contributed by atoms with Crippen molar-refractivity contribution in [2.45, 2.75) is 39.4 Å². The number of nitrogens with zero attached hydrogens (tertiary/aromatic N) is 3. The molecule has 1 saturated heterocycles. The second-order valence-corrected chi connectivity index (χ2v) is 5.28. The Morgan fingerprint density at radius 2 is 2.17 bits per heavy atom. The van der Waals surface area contributed by atoms with Gasteiger partial charge in [0.05, 0.1) is 18.4 Å². The van der Waals surface area contributed by atoms with Gasteiger partial charge < -0.3 is 10.1 Å². The average molecular weight is 252 g/mol. The Labute approximate surface area is 109 Å². The minimum atomic E-state index is 0.546. The molecule has 1 N–H and O–H groups in total. The van der Waals surface area contributed by atoms with Gasteiger partial charge in [0.15, 0.2) is 0 Å². The molecule has 2 unspecified atom stereocenters. The van der Waals surface area contributed by atoms with Crippen LogP contribution in [-0.2, 0) is 13.6 Å². The third-order valence-corrected chi connectivity index (χ3v) is 3.74. The van der Waals surface area contributed by atoms with Gasteiger partial charge in [-0.1, -0.05) is 0 Å². The van der Waals surface area contributed by atoms with Crippen molar-refractivity contribution in [3.05, 3.63) is 11.3 Å². The molecule has 2 rings (SSSR count). The SMILES string of the molecule is COc1c(CN2CC(C)NCC2C)c(C)nn1C. The zero-order chi connectivity index (χ0) is 13.3. The monoisotopic (exact) mass is 252 g/mol. The van der Waals surface area contributed by atoms with Crippen LogP contribution in [-0.4, -0.2) is 47.0 Å². The number of aromatic nitrogens is 2. The summed E-state index contributed by atoms with van der Waals surface area (Å²) in [5, 5.41) is 7.94. The zero-order valence-electron chi connectivity index (χ0n) is 12.0. The number of methoxy groups -OCH3 is 1. The van der Waals surface area contributed by atoms with E-state index < -0.39 is 0 Å². The standard InChI is InChI=1S/C13H24N4O/c1-9-7-17(10(2)6-14-9)8-12-11(3)15-16(4)13(12)18-5/h9-10,14H,6-8H2,1-5H3. The van der Waals surface area contributed by atoms with Crippen LogP contribution in [0.1, 0.15) is 25.1 Å². The van der Waals surface area contributed by atoms with Gasteiger partial charge in [-0.2, -0.15) is 5.10 Å². The first-order valence-electron chi connectivity index (χ1n) is 6.56. The van der Waals surface area contributed by atoms with E-state index in [4.69, 9.17) is 4.74 Å². The summed E-state index contributed by atoms with van der Waals surface area (Å²) >= 11 is 0. The van der Waals surface area contributed by atoms with E-state index in [1.165, 1.54) is 5.56 Å². The Hall–Kier alpha value is -1.07. The first-order chi connectivity index (χ1) is 8.52. The van der Waals surface area contributed by atoms with Gasteiger partial charge in [0.2, 0.25) is 5.88 Å². The van der Waals surface area contributed by atoms with Crippen molar-refractivity contribution in [2.24, 2.45) is 7.05 Å². The third-order valence-electron chi connectivity index (χ3n) is 3.74. The topological polar surface area (TPSA) is 42.3 Å². The molecule has 5 heteroatoms. The summed E-state index contributed by atoms with van der Waals surface area (Å²) in [5.74, 6) is 0.880. The lowest BCUT2D eigenvalue weighted by molar-refractivity contribution is 0.137. The van der Waals surface area contributed by atoms with E-state index in [1.807, 2.05) is 18.7 Å². The van der Waals surface area contributed by atoms with Crippen molar-refractivity contribution < 1.29 is 4.74 Å². The first-order valence-corrected chi connectivity index (χ1v) is 6.56. The lowest BCUT2D eigenvalue weighted by Gasteiger charge is -2.37. The molecule has 2 heterocycles. The molecule has 1 aliphatic heterocycles. The van der Waals surface area contributed by atoms with Gasteiger partial charge in [-0.05, 0) is 20.8 Å². The van der Waals surface area contributed by atoms with Crippen LogP contribution in [0.2, 0.25) is 0 Å². The van der Waals surface area contributed by atoms with Gasteiger partial charge >= 0.3 is 0 Å². The van der Waals surface area contributed by atoms with E-state index in [9.17, 15) is 0 Å². The Bertz CT molecular complexity index is 415. The van der Waals surface area contributed by atoms with Crippen LogP contribution in [0.3, 0.4) is 0 Å². The Morgan fingerprint density at radius 1 is 1.44 bits per heavy atom. The molecule has 0 spiro atoms. The Kier molecular flexibility index (Phi) is 3.92. The number of ether oxygens (including phenoxy) is 1. The molecule has 0 radical (unpaired) electrons. The minimum Gasteiger partial charge on any atom is -0.481 e. The van der Waals surface area contributed by atoms with Crippen molar-refractivity contribution >= 4 is 0 Å². The van der Waals surface area contributed by atoms with Crippen molar-refractivity contribution in [2.75, 3.05) is 20.2 Å². The summed E-state index contributed by atoms with van der Waals surface area (Å²) in [5.41, 5.74) is 2.27. The third kappa shape index (κ3) is 2.52. The summed E-state index contributed by atoms with van der Waals surface area (Å²) in [6.45, 7) is 9.56. The van der Waals surface area contributed by atoms with Crippen molar-refractivity contribution in [3.63, 3.8) is 0 Å². The van der Waals surface area contributed by atoms with E-state index >= 15 is 0 Å². The van der Waals surface area contributed by atoms with Gasteiger partial charge in [-0.3, -0.25) is 4.90 Å². The highest BCUT2D eigenvalue weighted by Crippen LogP contribution is 2.24. The van der Waals surface area contributed by atoms with Gasteiger partial charge in [0.25, 0.3) is 0 Å². The molecular weight excluding hydrogens is 228 g/mol. The molecule has 1 aromatic rings. The molecule has 102 valence electrons. The fraction of sp³-hybridized carbons (Fsp3) is 0.769. The van der Waals surface area contributed by atoms with Gasteiger partial charge in [-0.25, -0.2) is 4.68 Å². The van der Waals surface area contributed by atoms with Crippen molar-refractivity contribution in [3.8, 4) is 5.88 Å². The number of hydrogen-bond acceptors (Lipinski definition) is 4. The average Bonchev–Trinajstić information content (AvgIpc) is 2.58. The molecule has 1 aromatic heterocycles. The van der Waals surface area contributed by atoms with Crippen molar-refractivity contribution in [1.29, 1.82) is 0 Å². The number of rotatable bonds is 3. The zero-order valence-corrected chi connectivity index (χ0v) is 12.0. The van der Waals surface area contributed by atoms with Crippen molar-refractivity contribution in [1.82, 2.24) is 20.0 Å². The van der Waals surface area contributed by atoms with Gasteiger partial charge in [0.1, 0.15) is 0 Å². The van der Waals surface area contributed by atoms with Crippen LogP contribution in [0.15, 0.2) is 0 Å². The molecule has 1 aliphatic rings. The second kappa shape index (κ2) is 5.28. The van der Waals surface area contributed by atoms with E-state index in [0.717, 1.165) is 31.2 Å². The van der Waals surface area contributed by atoms with Gasteiger partial charge in [-0.15, -0.1) is 0 Å². The lowest BCUT2D eigenvalue weighted by Crippen LogP contribution is -2.53. The molecule has 0 amide bonds. The molecule has 1 fully saturated rings. The van der Waals surface area contributed by atoms with Crippen LogP contribution in [0, 0.1) is 6.92 Å². The Balaban J connectivity index is 2.17. The highest BCUT2D eigenvalue weighted by atomic mass is 16.5. The maximum Gasteiger partial charge on any atom is 0.216 e. The fourth-order valence-electron chi connectivity index (χ4n) is 2.64. The molecule has 0 aliphatic carbocycles. The summed E-state index contributed by atoms with van der Waals surface area (Å²) in [6, 6.07) is 1.09. The minimum absolute atomic E-state index is 0.546. The first kappa shape index (κ1) is 13.4. The van der Waals surface area contributed by atoms with Crippen LogP contribution in [0.5, 0.6) is 5.88 Å². The summed E-state index contributed by atoms with van der Waals surface area (Å²) in [6.07, 6.45) is 0. The van der Waals surface area contributed by atoms with Gasteiger partial charge in [0, 0.05) is 38.8 Å². The molecule has 0 bridgehead atoms. The predicted molar refractivity (Wildman–Crippen MR) is 71.8 cm³/mol.